The van der Waals surface area contributed by atoms with E-state index in [1.54, 1.807) is 12.1 Å². The van der Waals surface area contributed by atoms with Gasteiger partial charge >= 0.3 is 5.97 Å². The van der Waals surface area contributed by atoms with E-state index in [1.807, 2.05) is 18.2 Å². The number of benzene rings is 2. The molecule has 1 N–H and O–H groups in total. The van der Waals surface area contributed by atoms with Gasteiger partial charge in [0.15, 0.2) is 0 Å². The summed E-state index contributed by atoms with van der Waals surface area (Å²) in [7, 11) is 0. The Morgan fingerprint density at radius 3 is 2.62 bits per heavy atom. The van der Waals surface area contributed by atoms with Crippen molar-refractivity contribution in [3.05, 3.63) is 71.3 Å². The van der Waals surface area contributed by atoms with E-state index in [0.717, 1.165) is 44.7 Å². The lowest BCUT2D eigenvalue weighted by molar-refractivity contribution is 0.0696. The Balaban J connectivity index is 1.70. The normalized spacial score (nSPS) is 17.3. The first-order chi connectivity index (χ1) is 11.7. The smallest absolute Gasteiger partial charge is 0.335 e. The van der Waals surface area contributed by atoms with Gasteiger partial charge in [-0.3, -0.25) is 4.90 Å². The fourth-order valence-electron chi connectivity index (χ4n) is 3.16. The molecular formula is C20H23NO3. The molecule has 4 nitrogen and oxygen atoms in total. The molecule has 0 radical (unpaired) electrons. The van der Waals surface area contributed by atoms with E-state index in [9.17, 15) is 9.90 Å². The van der Waals surface area contributed by atoms with Crippen LogP contribution < -0.4 is 0 Å². The van der Waals surface area contributed by atoms with Crippen LogP contribution >= 0.6 is 0 Å². The van der Waals surface area contributed by atoms with Crippen LogP contribution in [0.25, 0.3) is 0 Å². The minimum atomic E-state index is -0.878. The van der Waals surface area contributed by atoms with Gasteiger partial charge in [0.2, 0.25) is 0 Å². The molecule has 2 aromatic carbocycles. The third-order valence-electron chi connectivity index (χ3n) is 4.51. The largest absolute Gasteiger partial charge is 0.478 e. The van der Waals surface area contributed by atoms with Gasteiger partial charge in [-0.25, -0.2) is 4.79 Å². The Labute approximate surface area is 142 Å². The van der Waals surface area contributed by atoms with Crippen molar-refractivity contribution in [2.45, 2.75) is 25.4 Å². The lowest BCUT2D eigenvalue weighted by atomic mass is 10.1. The molecule has 0 aliphatic carbocycles. The average Bonchev–Trinajstić information content (AvgIpc) is 3.14. The number of carboxylic acids is 1. The van der Waals surface area contributed by atoms with Gasteiger partial charge in [-0.15, -0.1) is 0 Å². The average molecular weight is 325 g/mol. The van der Waals surface area contributed by atoms with Crippen LogP contribution in [-0.4, -0.2) is 41.8 Å². The second-order valence-corrected chi connectivity index (χ2v) is 6.23. The molecule has 3 rings (SSSR count). The lowest BCUT2D eigenvalue weighted by Crippen LogP contribution is -2.36. The van der Waals surface area contributed by atoms with Crippen LogP contribution in [0.3, 0.4) is 0 Å². The van der Waals surface area contributed by atoms with Gasteiger partial charge in [0.1, 0.15) is 0 Å². The summed E-state index contributed by atoms with van der Waals surface area (Å²) in [5.41, 5.74) is 2.70. The maximum absolute atomic E-state index is 11.2. The van der Waals surface area contributed by atoms with E-state index in [0.29, 0.717) is 11.6 Å². The molecule has 1 aliphatic rings. The van der Waals surface area contributed by atoms with Crippen LogP contribution in [0.15, 0.2) is 54.6 Å². The van der Waals surface area contributed by atoms with Crippen molar-refractivity contribution < 1.29 is 14.6 Å². The van der Waals surface area contributed by atoms with Gasteiger partial charge in [-0.2, -0.15) is 0 Å². The van der Waals surface area contributed by atoms with Gasteiger partial charge in [0.05, 0.1) is 12.2 Å². The fourth-order valence-corrected chi connectivity index (χ4v) is 3.16. The number of ether oxygens (including phenoxy) is 1. The molecule has 1 unspecified atom stereocenters. The molecule has 0 amide bonds. The zero-order valence-corrected chi connectivity index (χ0v) is 13.7. The highest BCUT2D eigenvalue weighted by atomic mass is 16.5. The Morgan fingerprint density at radius 1 is 1.12 bits per heavy atom. The first kappa shape index (κ1) is 16.7. The van der Waals surface area contributed by atoms with Crippen molar-refractivity contribution in [1.82, 2.24) is 4.90 Å². The van der Waals surface area contributed by atoms with Crippen LogP contribution in [0.5, 0.6) is 0 Å². The standard InChI is InChI=1S/C20H23NO3/c22-20(23)18-8-4-7-17(13-18)14-21(19-10-12-24-15-19)11-9-16-5-2-1-3-6-16/h1-8,13,19H,9-12,14-15H2,(H,22,23). The molecule has 2 aromatic rings. The van der Waals surface area contributed by atoms with E-state index in [1.165, 1.54) is 5.56 Å². The first-order valence-electron chi connectivity index (χ1n) is 8.40. The van der Waals surface area contributed by atoms with Crippen LogP contribution in [0.1, 0.15) is 27.9 Å². The van der Waals surface area contributed by atoms with Gasteiger partial charge in [-0.05, 0) is 36.1 Å². The molecule has 126 valence electrons. The quantitative estimate of drug-likeness (QED) is 0.849. The summed E-state index contributed by atoms with van der Waals surface area (Å²) in [6.45, 7) is 3.26. The molecule has 1 saturated heterocycles. The van der Waals surface area contributed by atoms with E-state index in [4.69, 9.17) is 4.74 Å². The lowest BCUT2D eigenvalue weighted by Gasteiger charge is -2.28. The Bertz CT molecular complexity index is 666. The van der Waals surface area contributed by atoms with E-state index >= 15 is 0 Å². The molecule has 4 heteroatoms. The number of carbonyl (C=O) groups is 1. The number of carboxylic acid groups (broad SMARTS) is 1. The predicted molar refractivity (Wildman–Crippen MR) is 93.2 cm³/mol. The summed E-state index contributed by atoms with van der Waals surface area (Å²) < 4.78 is 5.55. The van der Waals surface area contributed by atoms with Crippen LogP contribution in [-0.2, 0) is 17.7 Å². The van der Waals surface area contributed by atoms with Gasteiger partial charge in [0, 0.05) is 25.7 Å². The molecule has 1 fully saturated rings. The minimum absolute atomic E-state index is 0.346. The number of nitrogens with zero attached hydrogens (tertiary/aromatic N) is 1. The molecule has 0 aromatic heterocycles. The highest BCUT2D eigenvalue weighted by Crippen LogP contribution is 2.18. The van der Waals surface area contributed by atoms with Crippen LogP contribution in [0, 0.1) is 0 Å². The zero-order valence-electron chi connectivity index (χ0n) is 13.7. The van der Waals surface area contributed by atoms with Crippen molar-refractivity contribution in [1.29, 1.82) is 0 Å². The fraction of sp³-hybridized carbons (Fsp3) is 0.350. The van der Waals surface area contributed by atoms with Gasteiger partial charge in [0.25, 0.3) is 0 Å². The van der Waals surface area contributed by atoms with Crippen molar-refractivity contribution >= 4 is 5.97 Å². The summed E-state index contributed by atoms with van der Waals surface area (Å²) >= 11 is 0. The number of rotatable bonds is 7. The summed E-state index contributed by atoms with van der Waals surface area (Å²) in [6, 6.07) is 18.1. The highest BCUT2D eigenvalue weighted by Gasteiger charge is 2.23. The van der Waals surface area contributed by atoms with Gasteiger partial charge in [-0.1, -0.05) is 42.5 Å². The first-order valence-corrected chi connectivity index (χ1v) is 8.40. The second-order valence-electron chi connectivity index (χ2n) is 6.23. The number of hydrogen-bond acceptors (Lipinski definition) is 3. The SMILES string of the molecule is O=C(O)c1cccc(CN(CCc2ccccc2)C2CCOC2)c1. The molecule has 24 heavy (non-hydrogen) atoms. The molecule has 0 spiro atoms. The number of hydrogen-bond donors (Lipinski definition) is 1. The predicted octanol–water partition coefficient (Wildman–Crippen LogP) is 3.22. The molecule has 0 saturated carbocycles. The third kappa shape index (κ3) is 4.43. The minimum Gasteiger partial charge on any atom is -0.478 e. The highest BCUT2D eigenvalue weighted by molar-refractivity contribution is 5.87. The van der Waals surface area contributed by atoms with Crippen molar-refractivity contribution in [3.63, 3.8) is 0 Å². The topological polar surface area (TPSA) is 49.8 Å². The molecule has 1 heterocycles. The Kier molecular flexibility index (Phi) is 5.62. The van der Waals surface area contributed by atoms with E-state index in [-0.39, 0.29) is 0 Å². The summed E-state index contributed by atoms with van der Waals surface area (Å²) in [5.74, 6) is -0.878. The summed E-state index contributed by atoms with van der Waals surface area (Å²) in [6.07, 6.45) is 2.02. The van der Waals surface area contributed by atoms with Crippen molar-refractivity contribution in [3.8, 4) is 0 Å². The maximum Gasteiger partial charge on any atom is 0.335 e. The van der Waals surface area contributed by atoms with E-state index < -0.39 is 5.97 Å². The summed E-state index contributed by atoms with van der Waals surface area (Å²) in [5, 5.41) is 9.17. The molecular weight excluding hydrogens is 302 g/mol. The van der Waals surface area contributed by atoms with Crippen molar-refractivity contribution in [2.24, 2.45) is 0 Å². The van der Waals surface area contributed by atoms with E-state index in [2.05, 4.69) is 29.2 Å². The van der Waals surface area contributed by atoms with Crippen LogP contribution in [0.2, 0.25) is 0 Å². The summed E-state index contributed by atoms with van der Waals surface area (Å²) in [4.78, 5) is 13.6. The zero-order chi connectivity index (χ0) is 16.8. The third-order valence-corrected chi connectivity index (χ3v) is 4.51. The number of aromatic carboxylic acids is 1. The van der Waals surface area contributed by atoms with Crippen molar-refractivity contribution in [2.75, 3.05) is 19.8 Å². The Morgan fingerprint density at radius 2 is 1.92 bits per heavy atom. The van der Waals surface area contributed by atoms with Crippen LogP contribution in [0.4, 0.5) is 0 Å². The molecule has 0 bridgehead atoms. The second kappa shape index (κ2) is 8.08. The monoisotopic (exact) mass is 325 g/mol. The van der Waals surface area contributed by atoms with Gasteiger partial charge < -0.3 is 9.84 Å². The molecule has 1 atom stereocenters. The maximum atomic E-state index is 11.2. The Hall–Kier alpha value is -2.17. The molecule has 1 aliphatic heterocycles.